The molecule has 4 aromatic rings. The molecule has 0 aliphatic heterocycles. The second kappa shape index (κ2) is 7.51. The van der Waals surface area contributed by atoms with E-state index in [2.05, 4.69) is 25.7 Å². The van der Waals surface area contributed by atoms with Gasteiger partial charge in [0.15, 0.2) is 0 Å². The van der Waals surface area contributed by atoms with Gasteiger partial charge in [-0.05, 0) is 54.0 Å². The Hall–Kier alpha value is -3.07. The van der Waals surface area contributed by atoms with E-state index in [9.17, 15) is 4.39 Å². The summed E-state index contributed by atoms with van der Waals surface area (Å²) in [5.74, 6) is 0.860. The number of aromatic nitrogens is 6. The third kappa shape index (κ3) is 3.53. The minimum atomic E-state index is -0.300. The summed E-state index contributed by atoms with van der Waals surface area (Å²) in [6, 6.07) is 10.9. The van der Waals surface area contributed by atoms with Gasteiger partial charge in [-0.1, -0.05) is 47.3 Å². The van der Waals surface area contributed by atoms with Gasteiger partial charge in [0, 0.05) is 5.56 Å². The van der Waals surface area contributed by atoms with Gasteiger partial charge >= 0.3 is 0 Å². The summed E-state index contributed by atoms with van der Waals surface area (Å²) in [6.07, 6.45) is 0. The number of hydrogen-bond donors (Lipinski definition) is 0. The summed E-state index contributed by atoms with van der Waals surface area (Å²) in [5.41, 5.74) is 4.26. The maximum Gasteiger partial charge on any atom is 0.237 e. The summed E-state index contributed by atoms with van der Waals surface area (Å²) < 4.78 is 20.8. The van der Waals surface area contributed by atoms with E-state index in [0.717, 1.165) is 16.8 Å². The van der Waals surface area contributed by atoms with Gasteiger partial charge in [-0.25, -0.2) is 4.39 Å². The minimum absolute atomic E-state index is 0.300. The second-order valence-electron chi connectivity index (χ2n) is 6.38. The summed E-state index contributed by atoms with van der Waals surface area (Å²) in [7, 11) is 0. The average Bonchev–Trinajstić information content (AvgIpc) is 3.32. The molecule has 0 bridgehead atoms. The number of aryl methyl sites for hydroxylation is 3. The maximum atomic E-state index is 13.8. The molecule has 0 fully saturated rings. The van der Waals surface area contributed by atoms with Gasteiger partial charge in [0.05, 0.1) is 11.4 Å². The molecule has 0 N–H and O–H groups in total. The van der Waals surface area contributed by atoms with Crippen molar-refractivity contribution < 1.29 is 8.91 Å². The Balaban J connectivity index is 1.53. The fraction of sp³-hybridized carbons (Fsp3) is 0.211. The number of nitrogens with zero attached hydrogens (tertiary/aromatic N) is 6. The molecule has 142 valence electrons. The van der Waals surface area contributed by atoms with Gasteiger partial charge < -0.3 is 4.52 Å². The van der Waals surface area contributed by atoms with Crippen LogP contribution in [0.2, 0.25) is 0 Å². The van der Waals surface area contributed by atoms with Crippen LogP contribution in [0.3, 0.4) is 0 Å². The molecule has 0 saturated carbocycles. The highest BCUT2D eigenvalue weighted by Gasteiger charge is 2.16. The number of para-hydroxylation sites is 1. The van der Waals surface area contributed by atoms with E-state index in [1.54, 1.807) is 23.7 Å². The molecule has 2 aromatic heterocycles. The number of halogens is 1. The monoisotopic (exact) mass is 396 g/mol. The molecule has 2 aromatic carbocycles. The summed E-state index contributed by atoms with van der Waals surface area (Å²) in [5, 5.41) is 16.6. The molecule has 4 rings (SSSR count). The third-order valence-electron chi connectivity index (χ3n) is 4.32. The van der Waals surface area contributed by atoms with Crippen molar-refractivity contribution in [3.05, 3.63) is 64.8 Å². The maximum absolute atomic E-state index is 13.8. The smallest absolute Gasteiger partial charge is 0.237 e. The molecule has 2 heterocycles. The SMILES string of the molecule is Cc1ccc(-c2noc(CSc3nnnn3-c3c(C)cccc3C)n2)cc1F. The first kappa shape index (κ1) is 18.3. The van der Waals surface area contributed by atoms with Crippen molar-refractivity contribution in [2.75, 3.05) is 0 Å². The molecular formula is C19H17FN6OS. The number of benzene rings is 2. The van der Waals surface area contributed by atoms with Gasteiger partial charge in [-0.3, -0.25) is 0 Å². The Morgan fingerprint density at radius 1 is 1.07 bits per heavy atom. The van der Waals surface area contributed by atoms with Gasteiger partial charge in [-0.2, -0.15) is 9.67 Å². The summed E-state index contributed by atoms with van der Waals surface area (Å²) in [4.78, 5) is 4.35. The lowest BCUT2D eigenvalue weighted by Crippen LogP contribution is -2.04. The molecule has 0 aliphatic rings. The number of tetrazole rings is 1. The van der Waals surface area contributed by atoms with Crippen LogP contribution in [0, 0.1) is 26.6 Å². The van der Waals surface area contributed by atoms with Crippen molar-refractivity contribution in [2.45, 2.75) is 31.7 Å². The Morgan fingerprint density at radius 3 is 2.61 bits per heavy atom. The van der Waals surface area contributed by atoms with Crippen molar-refractivity contribution in [2.24, 2.45) is 0 Å². The molecule has 0 saturated heterocycles. The Labute approximate surface area is 165 Å². The molecule has 28 heavy (non-hydrogen) atoms. The molecule has 0 spiro atoms. The molecule has 0 amide bonds. The van der Waals surface area contributed by atoms with Crippen LogP contribution in [-0.2, 0) is 5.75 Å². The Morgan fingerprint density at radius 2 is 1.86 bits per heavy atom. The van der Waals surface area contributed by atoms with E-state index in [1.165, 1.54) is 17.8 Å². The quantitative estimate of drug-likeness (QED) is 0.470. The van der Waals surface area contributed by atoms with Crippen molar-refractivity contribution in [1.82, 2.24) is 30.3 Å². The van der Waals surface area contributed by atoms with Crippen LogP contribution in [0.25, 0.3) is 17.1 Å². The number of hydrogen-bond acceptors (Lipinski definition) is 7. The highest BCUT2D eigenvalue weighted by molar-refractivity contribution is 7.98. The predicted octanol–water partition coefficient (Wildman–Crippen LogP) is 4.07. The summed E-state index contributed by atoms with van der Waals surface area (Å²) in [6.45, 7) is 5.74. The molecule has 0 aliphatic carbocycles. The molecular weight excluding hydrogens is 379 g/mol. The number of thioether (sulfide) groups is 1. The first-order valence-electron chi connectivity index (χ1n) is 8.60. The molecule has 7 nitrogen and oxygen atoms in total. The topological polar surface area (TPSA) is 82.5 Å². The van der Waals surface area contributed by atoms with Crippen molar-refractivity contribution in [3.8, 4) is 17.1 Å². The second-order valence-corrected chi connectivity index (χ2v) is 7.32. The lowest BCUT2D eigenvalue weighted by atomic mass is 10.1. The van der Waals surface area contributed by atoms with Crippen molar-refractivity contribution in [3.63, 3.8) is 0 Å². The van der Waals surface area contributed by atoms with Crippen LogP contribution in [0.1, 0.15) is 22.6 Å². The molecule has 0 atom stereocenters. The van der Waals surface area contributed by atoms with Crippen LogP contribution < -0.4 is 0 Å². The lowest BCUT2D eigenvalue weighted by Gasteiger charge is -2.09. The average molecular weight is 396 g/mol. The first-order chi connectivity index (χ1) is 13.5. The Bertz CT molecular complexity index is 1120. The van der Waals surface area contributed by atoms with Crippen molar-refractivity contribution >= 4 is 11.8 Å². The predicted molar refractivity (Wildman–Crippen MR) is 103 cm³/mol. The summed E-state index contributed by atoms with van der Waals surface area (Å²) >= 11 is 1.39. The normalized spacial score (nSPS) is 11.1. The number of rotatable bonds is 5. The fourth-order valence-electron chi connectivity index (χ4n) is 2.84. The van der Waals surface area contributed by atoms with E-state index >= 15 is 0 Å². The minimum Gasteiger partial charge on any atom is -0.338 e. The van der Waals surface area contributed by atoms with E-state index in [0.29, 0.717) is 33.8 Å². The van der Waals surface area contributed by atoms with E-state index in [1.807, 2.05) is 32.0 Å². The Kier molecular flexibility index (Phi) is 4.91. The van der Waals surface area contributed by atoms with Gasteiger partial charge in [0.2, 0.25) is 16.9 Å². The fourth-order valence-corrected chi connectivity index (χ4v) is 3.55. The zero-order valence-electron chi connectivity index (χ0n) is 15.5. The molecule has 9 heteroatoms. The first-order valence-corrected chi connectivity index (χ1v) is 9.58. The zero-order chi connectivity index (χ0) is 19.7. The zero-order valence-corrected chi connectivity index (χ0v) is 16.4. The molecule has 0 unspecified atom stereocenters. The van der Waals surface area contributed by atoms with Crippen LogP contribution in [-0.4, -0.2) is 30.3 Å². The molecule has 0 radical (unpaired) electrons. The highest BCUT2D eigenvalue weighted by atomic mass is 32.2. The van der Waals surface area contributed by atoms with Gasteiger partial charge in [-0.15, -0.1) is 5.10 Å². The van der Waals surface area contributed by atoms with Gasteiger partial charge in [0.1, 0.15) is 5.82 Å². The van der Waals surface area contributed by atoms with Crippen LogP contribution in [0.5, 0.6) is 0 Å². The van der Waals surface area contributed by atoms with Gasteiger partial charge in [0.25, 0.3) is 0 Å². The van der Waals surface area contributed by atoms with Crippen LogP contribution in [0.15, 0.2) is 46.1 Å². The largest absolute Gasteiger partial charge is 0.338 e. The van der Waals surface area contributed by atoms with Crippen LogP contribution in [0.4, 0.5) is 4.39 Å². The standard InChI is InChI=1S/C19H17FN6OS/c1-11-7-8-14(9-15(11)20)18-21-16(27-23-18)10-28-19-22-24-25-26(19)17-12(2)5-4-6-13(17)3/h4-9H,10H2,1-3H3. The van der Waals surface area contributed by atoms with E-state index in [4.69, 9.17) is 4.52 Å². The van der Waals surface area contributed by atoms with E-state index < -0.39 is 0 Å². The third-order valence-corrected chi connectivity index (χ3v) is 5.22. The van der Waals surface area contributed by atoms with Crippen molar-refractivity contribution in [1.29, 1.82) is 0 Å². The highest BCUT2D eigenvalue weighted by Crippen LogP contribution is 2.26. The van der Waals surface area contributed by atoms with E-state index in [-0.39, 0.29) is 5.82 Å². The van der Waals surface area contributed by atoms with Crippen LogP contribution >= 0.6 is 11.8 Å². The lowest BCUT2D eigenvalue weighted by molar-refractivity contribution is 0.391.